The number of halogens is 2. The van der Waals surface area contributed by atoms with Gasteiger partial charge in [-0.1, -0.05) is 23.7 Å². The van der Waals surface area contributed by atoms with Crippen molar-refractivity contribution in [2.75, 3.05) is 26.7 Å². The van der Waals surface area contributed by atoms with Gasteiger partial charge in [-0.3, -0.25) is 4.99 Å². The maximum Gasteiger partial charge on any atom is 0.240 e. The van der Waals surface area contributed by atoms with Gasteiger partial charge in [0, 0.05) is 31.7 Å². The maximum absolute atomic E-state index is 12.0. The third kappa shape index (κ3) is 7.43. The molecule has 0 spiro atoms. The van der Waals surface area contributed by atoms with Gasteiger partial charge in [0.05, 0.1) is 4.90 Å². The second kappa shape index (κ2) is 10.8. The Morgan fingerprint density at radius 3 is 2.68 bits per heavy atom. The maximum atomic E-state index is 12.0. The number of hydrogen-bond acceptors (Lipinski definition) is 3. The largest absolute Gasteiger partial charge is 0.355 e. The number of aliphatic imine (C=N–C) groups is 1. The molecule has 124 valence electrons. The first-order valence-corrected chi connectivity index (χ1v) is 8.16. The van der Waals surface area contributed by atoms with Crippen molar-refractivity contribution in [3.63, 3.8) is 0 Å². The van der Waals surface area contributed by atoms with Crippen molar-refractivity contribution in [3.05, 3.63) is 41.9 Å². The van der Waals surface area contributed by atoms with Gasteiger partial charge >= 0.3 is 0 Å². The fraction of sp³-hybridized carbons (Fsp3) is 0.308. The third-order valence-corrected chi connectivity index (χ3v) is 4.15. The Labute approximate surface area is 153 Å². The van der Waals surface area contributed by atoms with E-state index >= 15 is 0 Å². The molecule has 0 atom stereocenters. The molecule has 1 aromatic carbocycles. The molecule has 0 saturated carbocycles. The summed E-state index contributed by atoms with van der Waals surface area (Å²) in [4.78, 5) is 4.12. The van der Waals surface area contributed by atoms with Crippen LogP contribution < -0.4 is 15.4 Å². The molecule has 0 aliphatic rings. The van der Waals surface area contributed by atoms with Gasteiger partial charge in [-0.25, -0.2) is 13.1 Å². The lowest BCUT2D eigenvalue weighted by atomic mass is 10.4. The lowest BCUT2D eigenvalue weighted by molar-refractivity contribution is 0.580. The quantitative estimate of drug-likeness (QED) is 0.191. The first-order valence-electron chi connectivity index (χ1n) is 6.30. The van der Waals surface area contributed by atoms with Crippen molar-refractivity contribution in [3.8, 4) is 0 Å². The molecule has 0 amide bonds. The molecule has 6 nitrogen and oxygen atoms in total. The SMILES string of the molecule is C=CCNC(=NC)NCCNS(=O)(=O)c1cccc(Cl)c1.I. The Morgan fingerprint density at radius 1 is 1.36 bits per heavy atom. The van der Waals surface area contributed by atoms with E-state index in [9.17, 15) is 8.42 Å². The average Bonchev–Trinajstić information content (AvgIpc) is 2.46. The van der Waals surface area contributed by atoms with E-state index < -0.39 is 10.0 Å². The summed E-state index contributed by atoms with van der Waals surface area (Å²) in [6.07, 6.45) is 1.70. The van der Waals surface area contributed by atoms with E-state index in [0.29, 0.717) is 24.1 Å². The second-order valence-corrected chi connectivity index (χ2v) is 6.23. The molecule has 0 fully saturated rings. The summed E-state index contributed by atoms with van der Waals surface area (Å²) < 4.78 is 26.5. The number of hydrogen-bond donors (Lipinski definition) is 3. The number of benzene rings is 1. The van der Waals surface area contributed by atoms with Crippen LogP contribution in [0.3, 0.4) is 0 Å². The van der Waals surface area contributed by atoms with Crippen LogP contribution in [0.5, 0.6) is 0 Å². The first-order chi connectivity index (χ1) is 9.99. The Kier molecular flexibility index (Phi) is 10.4. The topological polar surface area (TPSA) is 82.6 Å². The molecule has 0 bridgehead atoms. The highest BCUT2D eigenvalue weighted by Crippen LogP contribution is 2.14. The van der Waals surface area contributed by atoms with Crippen LogP contribution in [0, 0.1) is 0 Å². The second-order valence-electron chi connectivity index (χ2n) is 4.02. The summed E-state index contributed by atoms with van der Waals surface area (Å²) in [6, 6.07) is 6.11. The average molecular weight is 459 g/mol. The van der Waals surface area contributed by atoms with E-state index in [1.807, 2.05) is 0 Å². The molecule has 0 aromatic heterocycles. The smallest absolute Gasteiger partial charge is 0.240 e. The predicted octanol–water partition coefficient (Wildman–Crippen LogP) is 1.59. The first kappa shape index (κ1) is 21.2. The van der Waals surface area contributed by atoms with Crippen LogP contribution in [0.25, 0.3) is 0 Å². The van der Waals surface area contributed by atoms with E-state index in [-0.39, 0.29) is 35.4 Å². The number of nitrogens with zero attached hydrogens (tertiary/aromatic N) is 1. The summed E-state index contributed by atoms with van der Waals surface area (Å²) in [7, 11) is -1.92. The number of sulfonamides is 1. The highest BCUT2D eigenvalue weighted by Gasteiger charge is 2.13. The molecule has 3 N–H and O–H groups in total. The zero-order valence-electron chi connectivity index (χ0n) is 12.2. The Bertz CT molecular complexity index is 608. The van der Waals surface area contributed by atoms with Gasteiger partial charge in [-0.2, -0.15) is 0 Å². The molecule has 9 heteroatoms. The van der Waals surface area contributed by atoms with Crippen molar-refractivity contribution in [1.82, 2.24) is 15.4 Å². The molecule has 0 radical (unpaired) electrons. The Balaban J connectivity index is 0.00000441. The van der Waals surface area contributed by atoms with Crippen LogP contribution >= 0.6 is 35.6 Å². The minimum absolute atomic E-state index is 0. The van der Waals surface area contributed by atoms with E-state index in [0.717, 1.165) is 0 Å². The molecular formula is C13H20ClIN4O2S. The summed E-state index contributed by atoms with van der Waals surface area (Å²) in [5.74, 6) is 0.580. The third-order valence-electron chi connectivity index (χ3n) is 2.45. The van der Waals surface area contributed by atoms with Crippen molar-refractivity contribution >= 4 is 51.6 Å². The Hall–Kier alpha value is -0.840. The lowest BCUT2D eigenvalue weighted by Gasteiger charge is -2.11. The van der Waals surface area contributed by atoms with Crippen molar-refractivity contribution in [2.45, 2.75) is 4.90 Å². The van der Waals surface area contributed by atoms with Crippen LogP contribution in [0.4, 0.5) is 0 Å². The molecule has 0 aliphatic heterocycles. The van der Waals surface area contributed by atoms with Crippen molar-refractivity contribution < 1.29 is 8.42 Å². The van der Waals surface area contributed by atoms with Gasteiger partial charge in [0.15, 0.2) is 5.96 Å². The standard InChI is InChI=1S/C13H19ClN4O2S.HI/c1-3-7-16-13(15-2)17-8-9-18-21(19,20)12-6-4-5-11(14)10-12;/h3-6,10,18H,1,7-9H2,2H3,(H2,15,16,17);1H. The molecule has 0 aliphatic carbocycles. The number of nitrogens with one attached hydrogen (secondary N) is 3. The molecule has 22 heavy (non-hydrogen) atoms. The van der Waals surface area contributed by atoms with Gasteiger partial charge in [0.1, 0.15) is 0 Å². The van der Waals surface area contributed by atoms with Crippen LogP contribution in [0.15, 0.2) is 46.8 Å². The fourth-order valence-corrected chi connectivity index (χ4v) is 2.81. The highest BCUT2D eigenvalue weighted by molar-refractivity contribution is 14.0. The molecule has 0 saturated heterocycles. The van der Waals surface area contributed by atoms with Crippen molar-refractivity contribution in [1.29, 1.82) is 0 Å². The lowest BCUT2D eigenvalue weighted by Crippen LogP contribution is -2.41. The summed E-state index contributed by atoms with van der Waals surface area (Å²) in [6.45, 7) is 4.79. The molecule has 0 unspecified atom stereocenters. The predicted molar refractivity (Wildman–Crippen MR) is 102 cm³/mol. The minimum atomic E-state index is -3.56. The van der Waals surface area contributed by atoms with E-state index in [1.165, 1.54) is 12.1 Å². The van der Waals surface area contributed by atoms with E-state index in [1.54, 1.807) is 25.3 Å². The van der Waals surface area contributed by atoms with Gasteiger partial charge in [-0.15, -0.1) is 30.6 Å². The van der Waals surface area contributed by atoms with Crippen LogP contribution in [-0.2, 0) is 10.0 Å². The van der Waals surface area contributed by atoms with Gasteiger partial charge in [0.2, 0.25) is 10.0 Å². The summed E-state index contributed by atoms with van der Waals surface area (Å²) in [5.41, 5.74) is 0. The van der Waals surface area contributed by atoms with Gasteiger partial charge in [-0.05, 0) is 18.2 Å². The van der Waals surface area contributed by atoms with Crippen LogP contribution in [-0.4, -0.2) is 41.1 Å². The van der Waals surface area contributed by atoms with Crippen LogP contribution in [0.2, 0.25) is 5.02 Å². The molecule has 0 heterocycles. The zero-order chi connectivity index (χ0) is 15.7. The zero-order valence-corrected chi connectivity index (χ0v) is 16.1. The van der Waals surface area contributed by atoms with Gasteiger partial charge in [0.25, 0.3) is 0 Å². The normalized spacial score (nSPS) is 11.5. The van der Waals surface area contributed by atoms with E-state index in [2.05, 4.69) is 26.9 Å². The van der Waals surface area contributed by atoms with Gasteiger partial charge < -0.3 is 10.6 Å². The highest BCUT2D eigenvalue weighted by atomic mass is 127. The Morgan fingerprint density at radius 2 is 2.09 bits per heavy atom. The summed E-state index contributed by atoms with van der Waals surface area (Å²) >= 11 is 5.78. The minimum Gasteiger partial charge on any atom is -0.355 e. The van der Waals surface area contributed by atoms with Crippen molar-refractivity contribution in [2.24, 2.45) is 4.99 Å². The number of guanidine groups is 1. The molecular weight excluding hydrogens is 439 g/mol. The van der Waals surface area contributed by atoms with Crippen LogP contribution in [0.1, 0.15) is 0 Å². The fourth-order valence-electron chi connectivity index (χ4n) is 1.47. The monoisotopic (exact) mass is 458 g/mol. The van der Waals surface area contributed by atoms with E-state index in [4.69, 9.17) is 11.6 Å². The number of rotatable bonds is 7. The molecule has 1 aromatic rings. The molecule has 1 rings (SSSR count). The summed E-state index contributed by atoms with van der Waals surface area (Å²) in [5, 5.41) is 6.34.